The highest BCUT2D eigenvalue weighted by Gasteiger charge is 2.35. The van der Waals surface area contributed by atoms with E-state index in [1.54, 1.807) is 11.8 Å². The van der Waals surface area contributed by atoms with Crippen molar-refractivity contribution in [2.24, 2.45) is 0 Å². The van der Waals surface area contributed by atoms with Crippen LogP contribution in [0.15, 0.2) is 27.6 Å². The van der Waals surface area contributed by atoms with Gasteiger partial charge in [-0.15, -0.1) is 11.8 Å². The Labute approximate surface area is 145 Å². The van der Waals surface area contributed by atoms with Gasteiger partial charge in [0.2, 0.25) is 11.8 Å². The highest BCUT2D eigenvalue weighted by atomic mass is 32.2. The van der Waals surface area contributed by atoms with Crippen molar-refractivity contribution in [2.45, 2.75) is 49.2 Å². The number of hydrogen-bond acceptors (Lipinski definition) is 5. The molecule has 0 spiro atoms. The zero-order valence-corrected chi connectivity index (χ0v) is 14.8. The fourth-order valence-corrected chi connectivity index (χ4v) is 4.91. The van der Waals surface area contributed by atoms with Gasteiger partial charge in [0.1, 0.15) is 0 Å². The number of benzene rings is 1. The largest absolute Gasteiger partial charge is 0.341 e. The summed E-state index contributed by atoms with van der Waals surface area (Å²) < 4.78 is 5.32. The number of aromatic nitrogens is 2. The molecule has 1 aromatic heterocycles. The maximum absolute atomic E-state index is 13.0. The quantitative estimate of drug-likeness (QED) is 0.838. The van der Waals surface area contributed by atoms with Gasteiger partial charge in [-0.2, -0.15) is 4.98 Å². The molecule has 5 nitrogen and oxygen atoms in total. The van der Waals surface area contributed by atoms with Crippen LogP contribution in [0.3, 0.4) is 0 Å². The molecule has 2 aliphatic heterocycles. The summed E-state index contributed by atoms with van der Waals surface area (Å²) in [4.78, 5) is 20.6. The van der Waals surface area contributed by atoms with Crippen LogP contribution in [0.2, 0.25) is 0 Å². The van der Waals surface area contributed by atoms with Gasteiger partial charge < -0.3 is 9.42 Å². The molecule has 2 atom stereocenters. The number of piperidine rings is 1. The number of thioether (sulfide) groups is 1. The normalized spacial score (nSPS) is 23.3. The summed E-state index contributed by atoms with van der Waals surface area (Å²) in [5.74, 6) is 1.74. The van der Waals surface area contributed by atoms with E-state index >= 15 is 0 Å². The lowest BCUT2D eigenvalue weighted by atomic mass is 9.97. The molecule has 0 bridgehead atoms. The Hall–Kier alpha value is -1.82. The Morgan fingerprint density at radius 3 is 3.04 bits per heavy atom. The highest BCUT2D eigenvalue weighted by molar-refractivity contribution is 8.01. The van der Waals surface area contributed by atoms with Crippen molar-refractivity contribution in [1.82, 2.24) is 15.0 Å². The fourth-order valence-electron chi connectivity index (χ4n) is 3.53. The topological polar surface area (TPSA) is 59.2 Å². The summed E-state index contributed by atoms with van der Waals surface area (Å²) in [6, 6.07) is 6.47. The molecule has 0 N–H and O–H groups in total. The van der Waals surface area contributed by atoms with E-state index in [0.29, 0.717) is 18.3 Å². The average molecular weight is 343 g/mol. The first kappa shape index (κ1) is 15.7. The van der Waals surface area contributed by atoms with E-state index in [1.807, 2.05) is 11.8 Å². The molecule has 2 unspecified atom stereocenters. The number of hydrogen-bond donors (Lipinski definition) is 0. The third kappa shape index (κ3) is 2.95. The van der Waals surface area contributed by atoms with Gasteiger partial charge in [-0.25, -0.2) is 0 Å². The number of nitrogens with zero attached hydrogens (tertiary/aromatic N) is 3. The number of amides is 1. The van der Waals surface area contributed by atoms with Crippen LogP contribution in [0.1, 0.15) is 41.6 Å². The van der Waals surface area contributed by atoms with Crippen molar-refractivity contribution in [3.05, 3.63) is 41.0 Å². The number of carbonyl (C=O) groups is 1. The van der Waals surface area contributed by atoms with Crippen molar-refractivity contribution >= 4 is 17.7 Å². The molecular weight excluding hydrogens is 322 g/mol. The second kappa shape index (κ2) is 6.24. The van der Waals surface area contributed by atoms with Crippen LogP contribution in [0.25, 0.3) is 0 Å². The molecule has 0 saturated carbocycles. The zero-order valence-electron chi connectivity index (χ0n) is 14.0. The first-order chi connectivity index (χ1) is 11.6. The van der Waals surface area contributed by atoms with Gasteiger partial charge in [0, 0.05) is 18.0 Å². The monoisotopic (exact) mass is 343 g/mol. The summed E-state index contributed by atoms with van der Waals surface area (Å²) in [5, 5.41) is 3.89. The lowest BCUT2D eigenvalue weighted by molar-refractivity contribution is -0.131. The molecule has 0 radical (unpaired) electrons. The average Bonchev–Trinajstić information content (AvgIpc) is 3.20. The highest BCUT2D eigenvalue weighted by Crippen LogP contribution is 2.39. The van der Waals surface area contributed by atoms with Gasteiger partial charge in [0.25, 0.3) is 0 Å². The summed E-state index contributed by atoms with van der Waals surface area (Å²) in [7, 11) is 0. The van der Waals surface area contributed by atoms with Crippen LogP contribution in [0.4, 0.5) is 0 Å². The van der Waals surface area contributed by atoms with E-state index in [-0.39, 0.29) is 17.1 Å². The van der Waals surface area contributed by atoms with E-state index < -0.39 is 0 Å². The lowest BCUT2D eigenvalue weighted by Gasteiger charge is -2.32. The Bertz CT molecular complexity index is 773. The van der Waals surface area contributed by atoms with Crippen LogP contribution in [0.5, 0.6) is 0 Å². The first-order valence-electron chi connectivity index (χ1n) is 8.45. The second-order valence-corrected chi connectivity index (χ2v) is 7.97. The lowest BCUT2D eigenvalue weighted by Crippen LogP contribution is -2.43. The third-order valence-electron chi connectivity index (χ3n) is 4.80. The molecule has 4 rings (SSSR count). The van der Waals surface area contributed by atoms with Crippen molar-refractivity contribution in [3.63, 3.8) is 0 Å². The van der Waals surface area contributed by atoms with Crippen LogP contribution < -0.4 is 0 Å². The number of carbonyl (C=O) groups excluding carboxylic acids is 1. The number of rotatable bonds is 2. The number of likely N-dealkylation sites (tertiary alicyclic amines) is 1. The van der Waals surface area contributed by atoms with Gasteiger partial charge in [-0.3, -0.25) is 4.79 Å². The van der Waals surface area contributed by atoms with Crippen molar-refractivity contribution in [3.8, 4) is 0 Å². The van der Waals surface area contributed by atoms with Gasteiger partial charge in [-0.1, -0.05) is 22.9 Å². The van der Waals surface area contributed by atoms with E-state index in [2.05, 4.69) is 35.3 Å². The van der Waals surface area contributed by atoms with Crippen molar-refractivity contribution in [1.29, 1.82) is 0 Å². The van der Waals surface area contributed by atoms with Gasteiger partial charge in [0.15, 0.2) is 5.82 Å². The van der Waals surface area contributed by atoms with E-state index in [0.717, 1.165) is 25.8 Å². The summed E-state index contributed by atoms with van der Waals surface area (Å²) in [6.07, 6.45) is 2.82. The molecule has 2 aromatic rings. The zero-order chi connectivity index (χ0) is 16.7. The Balaban J connectivity index is 1.45. The van der Waals surface area contributed by atoms with Gasteiger partial charge >= 0.3 is 0 Å². The molecule has 24 heavy (non-hydrogen) atoms. The van der Waals surface area contributed by atoms with Gasteiger partial charge in [-0.05, 0) is 44.7 Å². The minimum atomic E-state index is 0.00460. The molecule has 1 fully saturated rings. The SMILES string of the molecule is Cc1ccc2c(c1)SC(C(=O)N1CCCC(c3nc(C)no3)C1)C2. The molecule has 1 amide bonds. The van der Waals surface area contributed by atoms with Gasteiger partial charge in [0.05, 0.1) is 11.2 Å². The predicted octanol–water partition coefficient (Wildman–Crippen LogP) is 3.11. The fraction of sp³-hybridized carbons (Fsp3) is 0.500. The van der Waals surface area contributed by atoms with Crippen LogP contribution in [-0.4, -0.2) is 39.3 Å². The van der Waals surface area contributed by atoms with E-state index in [9.17, 15) is 4.79 Å². The third-order valence-corrected chi connectivity index (χ3v) is 6.09. The molecule has 1 aromatic carbocycles. The molecule has 1 saturated heterocycles. The maximum atomic E-state index is 13.0. The summed E-state index contributed by atoms with van der Waals surface area (Å²) >= 11 is 1.71. The molecular formula is C18H21N3O2S. The maximum Gasteiger partial charge on any atom is 0.236 e. The van der Waals surface area contributed by atoms with Crippen LogP contribution >= 0.6 is 11.8 Å². The summed E-state index contributed by atoms with van der Waals surface area (Å²) in [6.45, 7) is 5.44. The second-order valence-electron chi connectivity index (χ2n) is 6.73. The summed E-state index contributed by atoms with van der Waals surface area (Å²) in [5.41, 5.74) is 2.55. The van der Waals surface area contributed by atoms with Crippen LogP contribution in [0, 0.1) is 13.8 Å². The van der Waals surface area contributed by atoms with E-state index in [4.69, 9.17) is 4.52 Å². The Morgan fingerprint density at radius 1 is 1.38 bits per heavy atom. The molecule has 3 heterocycles. The predicted molar refractivity (Wildman–Crippen MR) is 92.1 cm³/mol. The standard InChI is InChI=1S/C18H21N3O2S/c1-11-5-6-13-9-16(24-15(13)8-11)18(22)21-7-3-4-14(10-21)17-19-12(2)20-23-17/h5-6,8,14,16H,3-4,7,9-10H2,1-2H3. The molecule has 126 valence electrons. The van der Waals surface area contributed by atoms with Crippen molar-refractivity contribution in [2.75, 3.05) is 13.1 Å². The molecule has 0 aliphatic carbocycles. The van der Waals surface area contributed by atoms with Crippen LogP contribution in [-0.2, 0) is 11.2 Å². The number of fused-ring (bicyclic) bond motifs is 1. The molecule has 2 aliphatic rings. The molecule has 6 heteroatoms. The smallest absolute Gasteiger partial charge is 0.236 e. The van der Waals surface area contributed by atoms with Crippen molar-refractivity contribution < 1.29 is 9.32 Å². The minimum absolute atomic E-state index is 0.00460. The minimum Gasteiger partial charge on any atom is -0.341 e. The van der Waals surface area contributed by atoms with E-state index in [1.165, 1.54) is 16.0 Å². The Kier molecular flexibility index (Phi) is 4.08. The first-order valence-corrected chi connectivity index (χ1v) is 9.33. The number of aryl methyl sites for hydroxylation is 2. The Morgan fingerprint density at radius 2 is 2.25 bits per heavy atom.